The maximum Gasteiger partial charge on any atom is 0.118 e. The van der Waals surface area contributed by atoms with Crippen molar-refractivity contribution in [3.05, 3.63) is 23.7 Å². The first-order valence-electron chi connectivity index (χ1n) is 6.00. The van der Waals surface area contributed by atoms with Crippen molar-refractivity contribution in [3.8, 4) is 0 Å². The zero-order valence-corrected chi connectivity index (χ0v) is 10.5. The highest BCUT2D eigenvalue weighted by atomic mass is 16.3. The number of nitrogens with two attached hydrogens (primary N) is 1. The second kappa shape index (κ2) is 4.22. The molecule has 1 aliphatic carbocycles. The molecule has 0 bridgehead atoms. The second-order valence-corrected chi connectivity index (χ2v) is 5.46. The van der Waals surface area contributed by atoms with Crippen LogP contribution in [0, 0.1) is 12.8 Å². The summed E-state index contributed by atoms with van der Waals surface area (Å²) in [6, 6.07) is 4.04. The Morgan fingerprint density at radius 3 is 2.69 bits per heavy atom. The highest BCUT2D eigenvalue weighted by Crippen LogP contribution is 2.38. The summed E-state index contributed by atoms with van der Waals surface area (Å²) < 4.78 is 5.56. The first-order valence-corrected chi connectivity index (χ1v) is 6.00. The molecule has 1 unspecified atom stereocenters. The molecular formula is C13H22N2O. The zero-order chi connectivity index (χ0) is 11.8. The molecule has 0 saturated heterocycles. The predicted octanol–water partition coefficient (Wildman–Crippen LogP) is 2.15. The molecule has 1 aromatic heterocycles. The van der Waals surface area contributed by atoms with Crippen molar-refractivity contribution < 1.29 is 4.42 Å². The Hall–Kier alpha value is -0.800. The SMILES string of the molecule is Cc1ccc(CN(C)CC(C)(N)C2CC2)o1. The van der Waals surface area contributed by atoms with Gasteiger partial charge in [0.2, 0.25) is 0 Å². The van der Waals surface area contributed by atoms with Gasteiger partial charge in [-0.25, -0.2) is 0 Å². The van der Waals surface area contributed by atoms with Gasteiger partial charge < -0.3 is 10.2 Å². The maximum atomic E-state index is 6.31. The van der Waals surface area contributed by atoms with Crippen molar-refractivity contribution >= 4 is 0 Å². The Morgan fingerprint density at radius 2 is 2.19 bits per heavy atom. The van der Waals surface area contributed by atoms with E-state index in [2.05, 4.69) is 18.9 Å². The lowest BCUT2D eigenvalue weighted by Crippen LogP contribution is -2.48. The highest BCUT2D eigenvalue weighted by molar-refractivity contribution is 5.06. The van der Waals surface area contributed by atoms with Crippen LogP contribution in [-0.4, -0.2) is 24.0 Å². The van der Waals surface area contributed by atoms with Crippen molar-refractivity contribution in [1.82, 2.24) is 4.90 Å². The zero-order valence-electron chi connectivity index (χ0n) is 10.5. The Labute approximate surface area is 97.6 Å². The lowest BCUT2D eigenvalue weighted by atomic mass is 9.97. The quantitative estimate of drug-likeness (QED) is 0.830. The first-order chi connectivity index (χ1) is 7.47. The lowest BCUT2D eigenvalue weighted by Gasteiger charge is -2.29. The van der Waals surface area contributed by atoms with E-state index in [1.54, 1.807) is 0 Å². The van der Waals surface area contributed by atoms with Crippen molar-refractivity contribution in [1.29, 1.82) is 0 Å². The molecule has 16 heavy (non-hydrogen) atoms. The van der Waals surface area contributed by atoms with Crippen LogP contribution in [0.4, 0.5) is 0 Å². The summed E-state index contributed by atoms with van der Waals surface area (Å²) in [7, 11) is 2.10. The number of hydrogen-bond acceptors (Lipinski definition) is 3. The van der Waals surface area contributed by atoms with E-state index in [1.165, 1.54) is 12.8 Å². The summed E-state index contributed by atoms with van der Waals surface area (Å²) in [5.41, 5.74) is 6.26. The minimum absolute atomic E-state index is 0.0453. The van der Waals surface area contributed by atoms with Crippen LogP contribution in [0.2, 0.25) is 0 Å². The van der Waals surface area contributed by atoms with Crippen LogP contribution in [-0.2, 0) is 6.54 Å². The number of rotatable bonds is 5. The van der Waals surface area contributed by atoms with Gasteiger partial charge in [0, 0.05) is 12.1 Å². The number of nitrogens with zero attached hydrogens (tertiary/aromatic N) is 1. The van der Waals surface area contributed by atoms with Crippen LogP contribution in [0.15, 0.2) is 16.5 Å². The number of hydrogen-bond donors (Lipinski definition) is 1. The van der Waals surface area contributed by atoms with Gasteiger partial charge in [-0.1, -0.05) is 0 Å². The average Bonchev–Trinajstić information content (AvgIpc) is 2.92. The average molecular weight is 222 g/mol. The molecule has 90 valence electrons. The van der Waals surface area contributed by atoms with Crippen LogP contribution in [0.25, 0.3) is 0 Å². The van der Waals surface area contributed by atoms with Crippen molar-refractivity contribution in [2.45, 2.75) is 38.8 Å². The summed E-state index contributed by atoms with van der Waals surface area (Å²) in [5, 5.41) is 0. The fourth-order valence-electron chi connectivity index (χ4n) is 2.35. The van der Waals surface area contributed by atoms with Gasteiger partial charge in [0.15, 0.2) is 0 Å². The molecule has 1 aromatic rings. The van der Waals surface area contributed by atoms with Gasteiger partial charge in [0.25, 0.3) is 0 Å². The molecule has 1 saturated carbocycles. The molecule has 0 aromatic carbocycles. The predicted molar refractivity (Wildman–Crippen MR) is 65.1 cm³/mol. The maximum absolute atomic E-state index is 6.31. The smallest absolute Gasteiger partial charge is 0.118 e. The number of furan rings is 1. The number of likely N-dealkylation sites (N-methyl/N-ethyl adjacent to an activating group) is 1. The first kappa shape index (κ1) is 11.7. The summed E-state index contributed by atoms with van der Waals surface area (Å²) in [6.07, 6.45) is 2.58. The van der Waals surface area contributed by atoms with E-state index in [1.807, 2.05) is 19.1 Å². The third-order valence-corrected chi connectivity index (χ3v) is 3.34. The van der Waals surface area contributed by atoms with Gasteiger partial charge in [-0.2, -0.15) is 0 Å². The van der Waals surface area contributed by atoms with E-state index in [0.29, 0.717) is 5.92 Å². The molecule has 0 radical (unpaired) electrons. The van der Waals surface area contributed by atoms with E-state index in [0.717, 1.165) is 24.6 Å². The Balaban J connectivity index is 1.86. The fraction of sp³-hybridized carbons (Fsp3) is 0.692. The minimum Gasteiger partial charge on any atom is -0.465 e. The summed E-state index contributed by atoms with van der Waals surface area (Å²) >= 11 is 0. The largest absolute Gasteiger partial charge is 0.465 e. The van der Waals surface area contributed by atoms with Gasteiger partial charge in [0.05, 0.1) is 6.54 Å². The normalized spacial score (nSPS) is 20.1. The summed E-state index contributed by atoms with van der Waals surface area (Å²) in [5.74, 6) is 2.71. The molecule has 1 atom stereocenters. The molecule has 1 aliphatic rings. The van der Waals surface area contributed by atoms with Crippen molar-refractivity contribution in [3.63, 3.8) is 0 Å². The molecule has 2 rings (SSSR count). The van der Waals surface area contributed by atoms with Crippen molar-refractivity contribution in [2.75, 3.05) is 13.6 Å². The molecule has 1 fully saturated rings. The van der Waals surface area contributed by atoms with Gasteiger partial charge in [-0.05, 0) is 51.8 Å². The minimum atomic E-state index is -0.0453. The van der Waals surface area contributed by atoms with Crippen LogP contribution < -0.4 is 5.73 Å². The van der Waals surface area contributed by atoms with Crippen LogP contribution in [0.1, 0.15) is 31.3 Å². The van der Waals surface area contributed by atoms with Gasteiger partial charge in [-0.3, -0.25) is 4.90 Å². The highest BCUT2D eigenvalue weighted by Gasteiger charge is 2.38. The van der Waals surface area contributed by atoms with Crippen molar-refractivity contribution in [2.24, 2.45) is 11.7 Å². The van der Waals surface area contributed by atoms with Gasteiger partial charge >= 0.3 is 0 Å². The Bertz CT molecular complexity index is 353. The van der Waals surface area contributed by atoms with E-state index < -0.39 is 0 Å². The second-order valence-electron chi connectivity index (χ2n) is 5.46. The summed E-state index contributed by atoms with van der Waals surface area (Å²) in [4.78, 5) is 2.25. The standard InChI is InChI=1S/C13H22N2O/c1-10-4-7-12(16-10)8-15(3)9-13(2,14)11-5-6-11/h4,7,11H,5-6,8-9,14H2,1-3H3. The van der Waals surface area contributed by atoms with E-state index in [9.17, 15) is 0 Å². The molecule has 2 N–H and O–H groups in total. The summed E-state index contributed by atoms with van der Waals surface area (Å²) in [6.45, 7) is 5.90. The fourth-order valence-corrected chi connectivity index (χ4v) is 2.35. The van der Waals surface area contributed by atoms with Gasteiger partial charge in [-0.15, -0.1) is 0 Å². The molecular weight excluding hydrogens is 200 g/mol. The Kier molecular flexibility index (Phi) is 3.08. The Morgan fingerprint density at radius 1 is 1.50 bits per heavy atom. The van der Waals surface area contributed by atoms with E-state index >= 15 is 0 Å². The van der Waals surface area contributed by atoms with E-state index in [-0.39, 0.29) is 5.54 Å². The molecule has 1 heterocycles. The van der Waals surface area contributed by atoms with Crippen LogP contribution in [0.3, 0.4) is 0 Å². The monoisotopic (exact) mass is 222 g/mol. The topological polar surface area (TPSA) is 42.4 Å². The van der Waals surface area contributed by atoms with Crippen LogP contribution in [0.5, 0.6) is 0 Å². The van der Waals surface area contributed by atoms with Gasteiger partial charge in [0.1, 0.15) is 11.5 Å². The van der Waals surface area contributed by atoms with Crippen LogP contribution >= 0.6 is 0 Å². The third kappa shape index (κ3) is 2.86. The molecule has 3 nitrogen and oxygen atoms in total. The molecule has 0 spiro atoms. The molecule has 3 heteroatoms. The molecule has 0 aliphatic heterocycles. The number of aryl methyl sites for hydroxylation is 1. The van der Waals surface area contributed by atoms with E-state index in [4.69, 9.17) is 10.2 Å². The third-order valence-electron chi connectivity index (χ3n) is 3.34. The molecule has 0 amide bonds. The lowest BCUT2D eigenvalue weighted by molar-refractivity contribution is 0.218.